The fourth-order valence-electron chi connectivity index (χ4n) is 22.8. The normalized spacial score (nSPS) is 12.6. The second-order valence-corrected chi connectivity index (χ2v) is 49.8. The monoisotopic (exact) mass is 1630 g/mol. The molecule has 24 aromatic carbocycles. The van der Waals surface area contributed by atoms with Gasteiger partial charge in [-0.3, -0.25) is 0 Å². The van der Waals surface area contributed by atoms with Crippen LogP contribution in [0.2, 0.25) is 0 Å². The standard InChI is InChI=1S/C118H86P4/c1-119(111-95-51-19-3-35-79(95)69-80-36-4-20-52-96(80)111,112-97-53-21-5-37-81(97)70-82-38-6-22-54-98(82)112)77-121(115-103-59-27-11-43-87(103)73-88-44-12-28-60-104(88)115,116-105-61-29-13-45-89(105)74-90-46-14-30-62-106(90)116)67-68-122(117-107-63-31-15-47-91(107)75-92-48-16-32-64-108(92)117,118-109-65-33-17-49-93(109)76-94-50-18-34-66-110(94)118)78-120(2,113-99-55-23-7-39-83(99)71-84-40-8-24-56-100(84)113)114-101-57-25-9-41-85(101)72-86-42-10-26-58-102(86)114/h3-66,69-76H,67-68,77-78H2,1-2H3/q+4. The lowest BCUT2D eigenvalue weighted by Gasteiger charge is -2.39. The molecule has 0 unspecified atom stereocenters. The number of benzene rings is 24. The summed E-state index contributed by atoms with van der Waals surface area (Å²) < 4.78 is 0. The van der Waals surface area contributed by atoms with E-state index < -0.39 is 29.0 Å². The highest BCUT2D eigenvalue weighted by molar-refractivity contribution is 8.08. The molecule has 122 heavy (non-hydrogen) atoms. The Morgan fingerprint density at radius 1 is 0.131 bits per heavy atom. The van der Waals surface area contributed by atoms with Crippen LogP contribution in [0.4, 0.5) is 0 Å². The van der Waals surface area contributed by atoms with Gasteiger partial charge in [0.25, 0.3) is 0 Å². The topological polar surface area (TPSA) is 0 Å². The van der Waals surface area contributed by atoms with E-state index in [1.54, 1.807) is 0 Å². The minimum Gasteiger partial charge on any atom is -0.0616 e. The molecule has 0 saturated heterocycles. The SMILES string of the molecule is C[P+](C[P+](CC[P+](C[P+](C)(c1c2ccccc2cc2ccccc12)c1c2ccccc2cc2ccccc12)(c1c2ccccc2cc2ccccc12)c1c2ccccc2cc2ccccc12)(c1c2ccccc2cc2ccccc12)c1c2ccccc2cc2ccccc12)(c1c2ccccc2cc2ccccc12)c1c2ccccc2cc2ccccc12. The second-order valence-electron chi connectivity index (χ2n) is 34.4. The zero-order valence-corrected chi connectivity index (χ0v) is 71.8. The van der Waals surface area contributed by atoms with Crippen LogP contribution in [0.1, 0.15) is 0 Å². The van der Waals surface area contributed by atoms with Crippen molar-refractivity contribution in [3.8, 4) is 0 Å². The molecule has 0 bridgehead atoms. The Morgan fingerprint density at radius 2 is 0.230 bits per heavy atom. The van der Waals surface area contributed by atoms with Crippen molar-refractivity contribution in [3.05, 3.63) is 437 Å². The van der Waals surface area contributed by atoms with Crippen LogP contribution < -0.4 is 42.4 Å². The third kappa shape index (κ3) is 11.4. The highest BCUT2D eigenvalue weighted by Gasteiger charge is 2.65. The molecule has 0 aromatic heterocycles. The number of hydrogen-bond acceptors (Lipinski definition) is 0. The van der Waals surface area contributed by atoms with Gasteiger partial charge in [-0.05, 0) is 135 Å². The summed E-state index contributed by atoms with van der Waals surface area (Å²) in [6.45, 7) is 5.76. The Bertz CT molecular complexity index is 7090. The second kappa shape index (κ2) is 28.9. The van der Waals surface area contributed by atoms with Crippen LogP contribution in [0, 0.1) is 0 Å². The van der Waals surface area contributed by atoms with Gasteiger partial charge in [0.05, 0.1) is 13.3 Å². The minimum atomic E-state index is -3.40. The summed E-state index contributed by atoms with van der Waals surface area (Å²) in [5, 5.41) is 53.7. The Balaban J connectivity index is 0.967. The van der Waals surface area contributed by atoms with Crippen LogP contribution >= 0.6 is 29.0 Å². The van der Waals surface area contributed by atoms with Gasteiger partial charge >= 0.3 is 0 Å². The third-order valence-electron chi connectivity index (χ3n) is 27.5. The van der Waals surface area contributed by atoms with Gasteiger partial charge in [0.1, 0.15) is 83.8 Å². The lowest BCUT2D eigenvalue weighted by atomic mass is 10.0. The molecule has 0 radical (unpaired) electrons. The summed E-state index contributed by atoms with van der Waals surface area (Å²) in [7, 11) is -13.0. The van der Waals surface area contributed by atoms with E-state index in [1.807, 2.05) is 0 Å². The fraction of sp³-hybridized carbons (Fsp3) is 0.0508. The molecular weight excluding hydrogens is 1540 g/mol. The van der Waals surface area contributed by atoms with Crippen molar-refractivity contribution in [2.24, 2.45) is 0 Å². The summed E-state index contributed by atoms with van der Waals surface area (Å²) in [5.74, 6) is 1.71. The van der Waals surface area contributed by atoms with Crippen LogP contribution in [-0.4, -0.2) is 37.5 Å². The van der Waals surface area contributed by atoms with Crippen LogP contribution in [0.5, 0.6) is 0 Å². The van der Waals surface area contributed by atoms with E-state index in [0.717, 1.165) is 24.1 Å². The van der Waals surface area contributed by atoms with Crippen LogP contribution in [0.3, 0.4) is 0 Å². The molecule has 0 atom stereocenters. The molecule has 0 aliphatic carbocycles. The number of hydrogen-bond donors (Lipinski definition) is 0. The van der Waals surface area contributed by atoms with Crippen molar-refractivity contribution < 1.29 is 0 Å². The molecule has 0 aliphatic heterocycles. The first-order valence-corrected chi connectivity index (χ1v) is 52.1. The Labute approximate surface area is 712 Å². The zero-order chi connectivity index (χ0) is 80.8. The molecule has 0 amide bonds. The number of rotatable bonds is 15. The van der Waals surface area contributed by atoms with Crippen molar-refractivity contribution >= 4 is 244 Å². The summed E-state index contributed by atoms with van der Waals surface area (Å²) in [6, 6.07) is 174. The van der Waals surface area contributed by atoms with Crippen LogP contribution in [0.15, 0.2) is 437 Å². The Kier molecular flexibility index (Phi) is 17.3. The maximum absolute atomic E-state index is 3.40. The van der Waals surface area contributed by atoms with Crippen LogP contribution in [0.25, 0.3) is 172 Å². The summed E-state index contributed by atoms with van der Waals surface area (Å²) in [5.41, 5.74) is 0. The van der Waals surface area contributed by atoms with E-state index in [9.17, 15) is 0 Å². The van der Waals surface area contributed by atoms with Gasteiger partial charge in [-0.15, -0.1) is 0 Å². The molecular formula is C118H86P4+4. The molecule has 24 rings (SSSR count). The summed E-state index contributed by atoms with van der Waals surface area (Å²) >= 11 is 0. The molecule has 0 heterocycles. The fourth-order valence-corrected chi connectivity index (χ4v) is 51.9. The molecule has 0 N–H and O–H groups in total. The van der Waals surface area contributed by atoms with Gasteiger partial charge in [0.15, 0.2) is 11.8 Å². The molecule has 0 saturated carbocycles. The maximum Gasteiger partial charge on any atom is 0.179 e. The summed E-state index contributed by atoms with van der Waals surface area (Å²) in [4.78, 5) is 0. The first-order chi connectivity index (χ1) is 60.2. The van der Waals surface area contributed by atoms with E-state index >= 15 is 0 Å². The average Bonchev–Trinajstić information content (AvgIpc) is 0.686. The molecule has 0 aliphatic rings. The van der Waals surface area contributed by atoms with Crippen molar-refractivity contribution in [1.82, 2.24) is 0 Å². The predicted octanol–water partition coefficient (Wildman–Crippen LogP) is 29.3. The van der Waals surface area contributed by atoms with Crippen molar-refractivity contribution in [3.63, 3.8) is 0 Å². The number of fused-ring (bicyclic) bond motifs is 16. The average molecular weight is 1630 g/mol. The minimum absolute atomic E-state index is 0.833. The highest BCUT2D eigenvalue weighted by Crippen LogP contribution is 2.80. The first-order valence-electron chi connectivity index (χ1n) is 42.9. The quantitative estimate of drug-likeness (QED) is 0.0709. The van der Waals surface area contributed by atoms with Crippen molar-refractivity contribution in [1.29, 1.82) is 0 Å². The highest BCUT2D eigenvalue weighted by atomic mass is 31.2. The Morgan fingerprint density at radius 3 is 0.344 bits per heavy atom. The molecule has 0 fully saturated rings. The van der Waals surface area contributed by atoms with Gasteiger partial charge in [-0.25, -0.2) is 0 Å². The predicted molar refractivity (Wildman–Crippen MR) is 548 cm³/mol. The zero-order valence-electron chi connectivity index (χ0n) is 68.2. The van der Waals surface area contributed by atoms with Gasteiger partial charge in [-0.1, -0.05) is 388 Å². The van der Waals surface area contributed by atoms with Crippen molar-refractivity contribution in [2.45, 2.75) is 0 Å². The van der Waals surface area contributed by atoms with E-state index in [0.29, 0.717) is 0 Å². The van der Waals surface area contributed by atoms with Gasteiger partial charge in [0, 0.05) is 86.2 Å². The molecule has 574 valence electrons. The van der Waals surface area contributed by atoms with Gasteiger partial charge in [0.2, 0.25) is 0 Å². The van der Waals surface area contributed by atoms with Crippen molar-refractivity contribution in [2.75, 3.05) is 37.5 Å². The van der Waals surface area contributed by atoms with E-state index in [1.165, 1.54) is 215 Å². The third-order valence-corrected chi connectivity index (χ3v) is 49.5. The van der Waals surface area contributed by atoms with Gasteiger partial charge in [-0.2, -0.15) is 0 Å². The van der Waals surface area contributed by atoms with Crippen LogP contribution in [-0.2, 0) is 0 Å². The Hall–Kier alpha value is -12.8. The lowest BCUT2D eigenvalue weighted by molar-refractivity contribution is 1.46. The molecule has 0 spiro atoms. The molecule has 4 heteroatoms. The molecule has 24 aromatic rings. The largest absolute Gasteiger partial charge is 0.179 e. The maximum atomic E-state index is 2.88. The smallest absolute Gasteiger partial charge is 0.0616 e. The van der Waals surface area contributed by atoms with Gasteiger partial charge < -0.3 is 0 Å². The summed E-state index contributed by atoms with van der Waals surface area (Å²) in [6.07, 6.45) is 1.67. The lowest BCUT2D eigenvalue weighted by Crippen LogP contribution is -2.40. The van der Waals surface area contributed by atoms with E-state index in [-0.39, 0.29) is 0 Å². The van der Waals surface area contributed by atoms with E-state index in [2.05, 4.69) is 450 Å². The van der Waals surface area contributed by atoms with E-state index in [4.69, 9.17) is 0 Å². The molecule has 0 nitrogen and oxygen atoms in total. The first kappa shape index (κ1) is 73.1.